The SMILES string of the molecule is CCCC[Si](CCCC)(CCCC)c1ccco1. The lowest BCUT2D eigenvalue weighted by atomic mass is 10.4. The van der Waals surface area contributed by atoms with Crippen molar-refractivity contribution < 1.29 is 4.42 Å². The Hall–Kier alpha value is -0.503. The lowest BCUT2D eigenvalue weighted by Gasteiger charge is -2.29. The molecular weight excluding hydrogens is 236 g/mol. The van der Waals surface area contributed by atoms with Crippen molar-refractivity contribution in [1.82, 2.24) is 0 Å². The molecule has 1 rings (SSSR count). The Morgan fingerprint density at radius 2 is 1.39 bits per heavy atom. The van der Waals surface area contributed by atoms with Crippen LogP contribution in [0.3, 0.4) is 0 Å². The van der Waals surface area contributed by atoms with E-state index in [9.17, 15) is 0 Å². The number of unbranched alkanes of at least 4 members (excludes halogenated alkanes) is 3. The van der Waals surface area contributed by atoms with Gasteiger partial charge in [-0.15, -0.1) is 0 Å². The minimum absolute atomic E-state index is 1.31. The van der Waals surface area contributed by atoms with Gasteiger partial charge in [-0.1, -0.05) is 77.4 Å². The quantitative estimate of drug-likeness (QED) is 0.521. The van der Waals surface area contributed by atoms with Crippen molar-refractivity contribution in [3.05, 3.63) is 18.4 Å². The van der Waals surface area contributed by atoms with Crippen molar-refractivity contribution in [1.29, 1.82) is 0 Å². The Labute approximate surface area is 114 Å². The van der Waals surface area contributed by atoms with Crippen molar-refractivity contribution in [2.75, 3.05) is 0 Å². The molecule has 1 aromatic rings. The predicted molar refractivity (Wildman–Crippen MR) is 83.2 cm³/mol. The second-order valence-corrected chi connectivity index (χ2v) is 10.1. The first-order chi connectivity index (χ1) is 8.79. The third-order valence-electron chi connectivity index (χ3n) is 4.07. The van der Waals surface area contributed by atoms with Crippen molar-refractivity contribution in [3.8, 4) is 0 Å². The van der Waals surface area contributed by atoms with E-state index in [1.54, 1.807) is 0 Å². The maximum atomic E-state index is 5.85. The molecule has 0 aliphatic heterocycles. The van der Waals surface area contributed by atoms with Gasteiger partial charge in [-0.25, -0.2) is 0 Å². The summed E-state index contributed by atoms with van der Waals surface area (Å²) in [6, 6.07) is 8.62. The topological polar surface area (TPSA) is 13.1 Å². The Kier molecular flexibility index (Phi) is 7.41. The molecule has 0 radical (unpaired) electrons. The molecule has 18 heavy (non-hydrogen) atoms. The molecule has 0 atom stereocenters. The summed E-state index contributed by atoms with van der Waals surface area (Å²) in [6.07, 6.45) is 9.94. The van der Waals surface area contributed by atoms with E-state index in [4.69, 9.17) is 4.42 Å². The van der Waals surface area contributed by atoms with Gasteiger partial charge in [-0.05, 0) is 12.1 Å². The molecule has 0 aliphatic rings. The molecule has 0 N–H and O–H groups in total. The molecule has 0 bridgehead atoms. The molecular formula is C16H30OSi. The van der Waals surface area contributed by atoms with Gasteiger partial charge in [0.1, 0.15) is 8.07 Å². The summed E-state index contributed by atoms with van der Waals surface area (Å²) in [5.41, 5.74) is 0. The summed E-state index contributed by atoms with van der Waals surface area (Å²) >= 11 is 0. The van der Waals surface area contributed by atoms with Gasteiger partial charge in [0.05, 0.1) is 11.6 Å². The molecule has 1 aromatic heterocycles. The first-order valence-corrected chi connectivity index (χ1v) is 10.4. The van der Waals surface area contributed by atoms with Crippen LogP contribution in [0, 0.1) is 0 Å². The zero-order valence-corrected chi connectivity index (χ0v) is 13.5. The van der Waals surface area contributed by atoms with Crippen LogP contribution >= 0.6 is 0 Å². The third kappa shape index (κ3) is 4.31. The second kappa shape index (κ2) is 8.57. The maximum Gasteiger partial charge on any atom is 0.132 e. The molecule has 0 amide bonds. The van der Waals surface area contributed by atoms with E-state index >= 15 is 0 Å². The van der Waals surface area contributed by atoms with E-state index in [2.05, 4.69) is 32.9 Å². The van der Waals surface area contributed by atoms with Crippen molar-refractivity contribution >= 4 is 13.5 Å². The van der Waals surface area contributed by atoms with Gasteiger partial charge in [-0.2, -0.15) is 0 Å². The first kappa shape index (κ1) is 15.6. The van der Waals surface area contributed by atoms with Gasteiger partial charge in [-0.3, -0.25) is 0 Å². The molecule has 2 heteroatoms. The standard InChI is InChI=1S/C16H30OSi/c1-4-7-13-18(14-8-5-2,15-9-6-3)16-11-10-12-17-16/h10-12H,4-9,13-15H2,1-3H3. The van der Waals surface area contributed by atoms with Gasteiger partial charge < -0.3 is 4.42 Å². The smallest absolute Gasteiger partial charge is 0.132 e. The van der Waals surface area contributed by atoms with Crippen LogP contribution in [0.4, 0.5) is 0 Å². The van der Waals surface area contributed by atoms with Gasteiger partial charge in [0, 0.05) is 0 Å². The Morgan fingerprint density at radius 1 is 0.889 bits per heavy atom. The minimum Gasteiger partial charge on any atom is -0.474 e. The number of rotatable bonds is 10. The van der Waals surface area contributed by atoms with Crippen LogP contribution in [-0.2, 0) is 0 Å². The first-order valence-electron chi connectivity index (χ1n) is 7.83. The summed E-state index contributed by atoms with van der Waals surface area (Å²) < 4.78 is 5.85. The Bertz CT molecular complexity index is 270. The van der Waals surface area contributed by atoms with Gasteiger partial charge in [0.25, 0.3) is 0 Å². The minimum atomic E-state index is -1.35. The van der Waals surface area contributed by atoms with Crippen LogP contribution in [0.25, 0.3) is 0 Å². The Morgan fingerprint density at radius 3 is 1.72 bits per heavy atom. The number of hydrogen-bond acceptors (Lipinski definition) is 1. The summed E-state index contributed by atoms with van der Waals surface area (Å²) in [4.78, 5) is 0. The van der Waals surface area contributed by atoms with E-state index in [1.807, 2.05) is 6.26 Å². The van der Waals surface area contributed by atoms with Crippen LogP contribution in [0.1, 0.15) is 59.3 Å². The normalized spacial score (nSPS) is 11.9. The molecule has 0 unspecified atom stereocenters. The second-order valence-electron chi connectivity index (χ2n) is 5.57. The summed E-state index contributed by atoms with van der Waals surface area (Å²) in [5.74, 6) is 0. The molecule has 0 fully saturated rings. The van der Waals surface area contributed by atoms with Gasteiger partial charge >= 0.3 is 0 Å². The fraction of sp³-hybridized carbons (Fsp3) is 0.750. The third-order valence-corrected chi connectivity index (χ3v) is 9.33. The molecule has 1 heterocycles. The van der Waals surface area contributed by atoms with Crippen molar-refractivity contribution in [2.45, 2.75) is 77.4 Å². The molecule has 0 spiro atoms. The lowest BCUT2D eigenvalue weighted by molar-refractivity contribution is 0.592. The highest BCUT2D eigenvalue weighted by molar-refractivity contribution is 6.91. The molecule has 0 saturated carbocycles. The van der Waals surface area contributed by atoms with Crippen molar-refractivity contribution in [2.24, 2.45) is 0 Å². The van der Waals surface area contributed by atoms with E-state index in [0.717, 1.165) is 0 Å². The van der Waals surface area contributed by atoms with Crippen LogP contribution in [0.15, 0.2) is 22.8 Å². The highest BCUT2D eigenvalue weighted by Gasteiger charge is 2.35. The highest BCUT2D eigenvalue weighted by atomic mass is 28.3. The van der Waals surface area contributed by atoms with Crippen LogP contribution in [0.5, 0.6) is 0 Å². The largest absolute Gasteiger partial charge is 0.474 e. The fourth-order valence-electron chi connectivity index (χ4n) is 2.87. The van der Waals surface area contributed by atoms with E-state index in [0.29, 0.717) is 0 Å². The molecule has 104 valence electrons. The fourth-order valence-corrected chi connectivity index (χ4v) is 8.22. The van der Waals surface area contributed by atoms with E-state index in [-0.39, 0.29) is 0 Å². The van der Waals surface area contributed by atoms with Gasteiger partial charge in [0.2, 0.25) is 0 Å². The van der Waals surface area contributed by atoms with Crippen LogP contribution in [0.2, 0.25) is 18.1 Å². The van der Waals surface area contributed by atoms with Crippen LogP contribution < -0.4 is 5.38 Å². The van der Waals surface area contributed by atoms with Crippen LogP contribution in [-0.4, -0.2) is 8.07 Å². The number of hydrogen-bond donors (Lipinski definition) is 0. The number of furan rings is 1. The molecule has 1 nitrogen and oxygen atoms in total. The molecule has 0 aliphatic carbocycles. The molecule has 0 saturated heterocycles. The average Bonchev–Trinajstić information content (AvgIpc) is 2.93. The zero-order valence-electron chi connectivity index (χ0n) is 12.5. The molecule has 0 aromatic carbocycles. The lowest BCUT2D eigenvalue weighted by Crippen LogP contribution is -2.46. The van der Waals surface area contributed by atoms with Gasteiger partial charge in [0.15, 0.2) is 0 Å². The monoisotopic (exact) mass is 266 g/mol. The van der Waals surface area contributed by atoms with E-state index < -0.39 is 8.07 Å². The average molecular weight is 267 g/mol. The summed E-state index contributed by atoms with van der Waals surface area (Å²) in [7, 11) is -1.35. The summed E-state index contributed by atoms with van der Waals surface area (Å²) in [6.45, 7) is 6.92. The van der Waals surface area contributed by atoms with E-state index in [1.165, 1.54) is 62.0 Å². The van der Waals surface area contributed by atoms with Crippen molar-refractivity contribution in [3.63, 3.8) is 0 Å². The highest BCUT2D eigenvalue weighted by Crippen LogP contribution is 2.28. The Balaban J connectivity index is 2.84. The zero-order chi connectivity index (χ0) is 13.3. The predicted octanol–water partition coefficient (Wildman–Crippen LogP) is 5.34. The maximum absolute atomic E-state index is 5.85. The summed E-state index contributed by atoms with van der Waals surface area (Å²) in [5, 5.41) is 1.37.